The maximum absolute atomic E-state index is 3.93. The zero-order valence-corrected chi connectivity index (χ0v) is 17.8. The number of fused-ring (bicyclic) bond motifs is 1. The van der Waals surface area contributed by atoms with Crippen molar-refractivity contribution in [3.05, 3.63) is 96.2 Å². The first-order valence-electron chi connectivity index (χ1n) is 10.3. The molecular weight excluding hydrogens is 350 g/mol. The summed E-state index contributed by atoms with van der Waals surface area (Å²) in [6, 6.07) is 24.0. The fourth-order valence-electron chi connectivity index (χ4n) is 3.52. The van der Waals surface area contributed by atoms with Crippen molar-refractivity contribution < 1.29 is 0 Å². The molecule has 0 bridgehead atoms. The van der Waals surface area contributed by atoms with E-state index in [1.807, 2.05) is 26.8 Å². The molecule has 0 radical (unpaired) electrons. The number of hydrogen-bond donors (Lipinski definition) is 1. The van der Waals surface area contributed by atoms with Crippen molar-refractivity contribution in [3.63, 3.8) is 0 Å². The zero-order chi connectivity index (χ0) is 20.8. The van der Waals surface area contributed by atoms with Crippen LogP contribution in [-0.2, 0) is 0 Å². The minimum absolute atomic E-state index is 1.06. The van der Waals surface area contributed by atoms with Gasteiger partial charge >= 0.3 is 0 Å². The average molecular weight is 380 g/mol. The SMILES string of the molecule is C=Cc1[nH]c2ccc(-c3ccc(-c4ccc(C)cc4)cc3)cc2c1/C=C\C.CC. The summed E-state index contributed by atoms with van der Waals surface area (Å²) in [5.74, 6) is 0. The number of nitrogens with one attached hydrogen (secondary N) is 1. The highest BCUT2D eigenvalue weighted by atomic mass is 14.7. The monoisotopic (exact) mass is 379 g/mol. The highest BCUT2D eigenvalue weighted by molar-refractivity contribution is 5.95. The Kier molecular flexibility index (Phi) is 6.51. The summed E-state index contributed by atoms with van der Waals surface area (Å²) >= 11 is 0. The number of benzene rings is 3. The van der Waals surface area contributed by atoms with E-state index in [1.54, 1.807) is 0 Å². The van der Waals surface area contributed by atoms with Gasteiger partial charge in [-0.1, -0.05) is 92.7 Å². The van der Waals surface area contributed by atoms with Crippen LogP contribution in [0.4, 0.5) is 0 Å². The first-order valence-corrected chi connectivity index (χ1v) is 10.3. The fraction of sp³-hybridized carbons (Fsp3) is 0.143. The Morgan fingerprint density at radius 1 is 0.759 bits per heavy atom. The molecule has 0 saturated carbocycles. The summed E-state index contributed by atoms with van der Waals surface area (Å²) in [4.78, 5) is 3.44. The molecule has 0 aliphatic rings. The first-order chi connectivity index (χ1) is 14.2. The minimum atomic E-state index is 1.06. The number of H-pyrrole nitrogens is 1. The van der Waals surface area contributed by atoms with E-state index >= 15 is 0 Å². The van der Waals surface area contributed by atoms with E-state index in [-0.39, 0.29) is 0 Å². The molecule has 0 aliphatic heterocycles. The largest absolute Gasteiger partial charge is 0.355 e. The number of allylic oxidation sites excluding steroid dienone is 1. The van der Waals surface area contributed by atoms with Gasteiger partial charge in [0.2, 0.25) is 0 Å². The van der Waals surface area contributed by atoms with Crippen LogP contribution in [0.25, 0.3) is 45.3 Å². The summed E-state index contributed by atoms with van der Waals surface area (Å²) in [7, 11) is 0. The van der Waals surface area contributed by atoms with E-state index in [4.69, 9.17) is 0 Å². The van der Waals surface area contributed by atoms with E-state index in [9.17, 15) is 0 Å². The van der Waals surface area contributed by atoms with Crippen LogP contribution in [0.3, 0.4) is 0 Å². The molecule has 0 fully saturated rings. The summed E-state index contributed by atoms with van der Waals surface area (Å²) in [5.41, 5.74) is 9.61. The van der Waals surface area contributed by atoms with E-state index in [0.29, 0.717) is 0 Å². The molecule has 29 heavy (non-hydrogen) atoms. The predicted molar refractivity (Wildman–Crippen MR) is 130 cm³/mol. The number of aromatic amines is 1. The van der Waals surface area contributed by atoms with Gasteiger partial charge in [-0.2, -0.15) is 0 Å². The third kappa shape index (κ3) is 4.25. The van der Waals surface area contributed by atoms with Crippen LogP contribution in [0.1, 0.15) is 37.6 Å². The second-order valence-electron chi connectivity index (χ2n) is 6.86. The van der Waals surface area contributed by atoms with E-state index in [2.05, 4.69) is 97.4 Å². The highest BCUT2D eigenvalue weighted by Gasteiger charge is 2.09. The molecule has 1 nitrogen and oxygen atoms in total. The maximum atomic E-state index is 3.93. The molecule has 1 aromatic heterocycles. The number of aromatic nitrogens is 1. The molecule has 1 heteroatoms. The van der Waals surface area contributed by atoms with Crippen LogP contribution >= 0.6 is 0 Å². The Hall–Kier alpha value is -3.32. The van der Waals surface area contributed by atoms with Crippen LogP contribution in [0.15, 0.2) is 79.4 Å². The molecule has 0 saturated heterocycles. The second kappa shape index (κ2) is 9.25. The Bertz CT molecular complexity index is 1120. The smallest absolute Gasteiger partial charge is 0.0465 e. The molecule has 0 atom stereocenters. The molecule has 0 amide bonds. The molecule has 0 spiro atoms. The van der Waals surface area contributed by atoms with Crippen molar-refractivity contribution >= 4 is 23.1 Å². The van der Waals surface area contributed by atoms with E-state index < -0.39 is 0 Å². The highest BCUT2D eigenvalue weighted by Crippen LogP contribution is 2.31. The van der Waals surface area contributed by atoms with Crippen molar-refractivity contribution in [2.24, 2.45) is 0 Å². The molecular formula is C28H29N. The van der Waals surface area contributed by atoms with Crippen LogP contribution < -0.4 is 0 Å². The van der Waals surface area contributed by atoms with Gasteiger partial charge in [-0.05, 0) is 54.3 Å². The van der Waals surface area contributed by atoms with Gasteiger partial charge in [-0.15, -0.1) is 0 Å². The molecule has 4 rings (SSSR count). The van der Waals surface area contributed by atoms with Crippen LogP contribution in [0, 0.1) is 6.92 Å². The number of aryl methyl sites for hydroxylation is 1. The second-order valence-corrected chi connectivity index (χ2v) is 6.86. The van der Waals surface area contributed by atoms with Crippen LogP contribution in [0.2, 0.25) is 0 Å². The maximum Gasteiger partial charge on any atom is 0.0465 e. The standard InChI is InChI=1S/C26H23N.C2H6/c1-4-6-23-24-17-22(15-16-26(24)27-25(23)5-2)21-13-11-20(12-14-21)19-9-7-18(3)8-10-19;1-2/h4-17,27H,2H2,1,3H3;1-2H3/b6-4-;. The van der Waals surface area contributed by atoms with Crippen molar-refractivity contribution in [1.82, 2.24) is 4.98 Å². The van der Waals surface area contributed by atoms with Gasteiger partial charge in [0.05, 0.1) is 0 Å². The lowest BCUT2D eigenvalue weighted by Crippen LogP contribution is -1.82. The Morgan fingerprint density at radius 3 is 1.83 bits per heavy atom. The van der Waals surface area contributed by atoms with Crippen LogP contribution in [0.5, 0.6) is 0 Å². The molecule has 146 valence electrons. The van der Waals surface area contributed by atoms with Crippen molar-refractivity contribution in [2.75, 3.05) is 0 Å². The number of rotatable bonds is 4. The van der Waals surface area contributed by atoms with Crippen LogP contribution in [-0.4, -0.2) is 4.98 Å². The van der Waals surface area contributed by atoms with E-state index in [0.717, 1.165) is 11.2 Å². The van der Waals surface area contributed by atoms with Gasteiger partial charge in [0, 0.05) is 22.2 Å². The lowest BCUT2D eigenvalue weighted by atomic mass is 9.98. The topological polar surface area (TPSA) is 15.8 Å². The van der Waals surface area contributed by atoms with Crippen molar-refractivity contribution in [1.29, 1.82) is 0 Å². The first kappa shape index (κ1) is 20.4. The summed E-state index contributed by atoms with van der Waals surface area (Å²) in [6.07, 6.45) is 6.09. The Balaban J connectivity index is 0.00000117. The van der Waals surface area contributed by atoms with Gasteiger partial charge in [0.25, 0.3) is 0 Å². The fourth-order valence-corrected chi connectivity index (χ4v) is 3.52. The molecule has 4 aromatic rings. The lowest BCUT2D eigenvalue weighted by molar-refractivity contribution is 1.42. The Morgan fingerprint density at radius 2 is 1.28 bits per heavy atom. The molecule has 1 heterocycles. The normalized spacial score (nSPS) is 10.8. The average Bonchev–Trinajstić information content (AvgIpc) is 3.13. The summed E-state index contributed by atoms with van der Waals surface area (Å²) < 4.78 is 0. The van der Waals surface area contributed by atoms with Gasteiger partial charge in [-0.3, -0.25) is 0 Å². The minimum Gasteiger partial charge on any atom is -0.355 e. The molecule has 3 aromatic carbocycles. The van der Waals surface area contributed by atoms with Gasteiger partial charge in [0.15, 0.2) is 0 Å². The van der Waals surface area contributed by atoms with Crippen molar-refractivity contribution in [3.8, 4) is 22.3 Å². The summed E-state index contributed by atoms with van der Waals surface area (Å²) in [6.45, 7) is 12.1. The van der Waals surface area contributed by atoms with E-state index in [1.165, 1.54) is 38.8 Å². The molecule has 1 N–H and O–H groups in total. The number of hydrogen-bond acceptors (Lipinski definition) is 0. The quantitative estimate of drug-likeness (QED) is 0.366. The zero-order valence-electron chi connectivity index (χ0n) is 17.8. The Labute approximate surface area is 174 Å². The third-order valence-corrected chi connectivity index (χ3v) is 5.01. The molecule has 0 unspecified atom stereocenters. The third-order valence-electron chi connectivity index (χ3n) is 5.01. The predicted octanol–water partition coefficient (Wildman–Crippen LogP) is 8.51. The molecule has 0 aliphatic carbocycles. The van der Waals surface area contributed by atoms with Gasteiger partial charge in [0.1, 0.15) is 0 Å². The lowest BCUT2D eigenvalue weighted by Gasteiger charge is -2.06. The van der Waals surface area contributed by atoms with Crippen molar-refractivity contribution in [2.45, 2.75) is 27.7 Å². The van der Waals surface area contributed by atoms with Gasteiger partial charge in [-0.25, -0.2) is 0 Å². The van der Waals surface area contributed by atoms with Gasteiger partial charge < -0.3 is 4.98 Å². The summed E-state index contributed by atoms with van der Waals surface area (Å²) in [5, 5.41) is 1.23.